The second kappa shape index (κ2) is 6.55. The van der Waals surface area contributed by atoms with Crippen molar-refractivity contribution in [1.82, 2.24) is 20.0 Å². The summed E-state index contributed by atoms with van der Waals surface area (Å²) in [7, 11) is 1.75. The van der Waals surface area contributed by atoms with Crippen molar-refractivity contribution in [2.24, 2.45) is 13.0 Å². The number of hydrogen-bond donors (Lipinski definition) is 1. The highest BCUT2D eigenvalue weighted by Gasteiger charge is 2.51. The normalized spacial score (nSPS) is 24.1. The van der Waals surface area contributed by atoms with E-state index in [9.17, 15) is 14.0 Å². The zero-order valence-corrected chi connectivity index (χ0v) is 14.6. The number of nitrogens with zero attached hydrogens (tertiary/aromatic N) is 3. The van der Waals surface area contributed by atoms with E-state index in [1.165, 1.54) is 12.1 Å². The largest absolute Gasteiger partial charge is 0.352 e. The molecule has 2 aromatic rings. The van der Waals surface area contributed by atoms with Crippen molar-refractivity contribution in [2.75, 3.05) is 0 Å². The Labute approximate surface area is 151 Å². The number of carbonyl (C=O) groups is 2. The molecule has 2 saturated heterocycles. The van der Waals surface area contributed by atoms with Gasteiger partial charge in [-0.1, -0.05) is 12.1 Å². The summed E-state index contributed by atoms with van der Waals surface area (Å²) < 4.78 is 14.5. The third-order valence-corrected chi connectivity index (χ3v) is 5.53. The van der Waals surface area contributed by atoms with Gasteiger partial charge >= 0.3 is 0 Å². The van der Waals surface area contributed by atoms with E-state index in [1.807, 2.05) is 4.90 Å². The Morgan fingerprint density at radius 3 is 2.69 bits per heavy atom. The van der Waals surface area contributed by atoms with Crippen LogP contribution in [0.2, 0.25) is 0 Å². The predicted octanol–water partition coefficient (Wildman–Crippen LogP) is 1.87. The molecule has 0 unspecified atom stereocenters. The molecule has 1 aromatic heterocycles. The molecule has 2 aliphatic heterocycles. The van der Waals surface area contributed by atoms with Gasteiger partial charge in [-0.2, -0.15) is 5.10 Å². The second-order valence-electron chi connectivity index (χ2n) is 7.04. The molecule has 0 aliphatic carbocycles. The van der Waals surface area contributed by atoms with E-state index in [2.05, 4.69) is 10.4 Å². The summed E-state index contributed by atoms with van der Waals surface area (Å²) in [5, 5.41) is 7.00. The van der Waals surface area contributed by atoms with Crippen LogP contribution in [-0.2, 0) is 18.4 Å². The maximum Gasteiger partial charge on any atom is 0.272 e. The van der Waals surface area contributed by atoms with Gasteiger partial charge in [0.05, 0.1) is 5.92 Å². The Morgan fingerprint density at radius 1 is 1.23 bits per heavy atom. The van der Waals surface area contributed by atoms with Crippen molar-refractivity contribution in [3.05, 3.63) is 53.6 Å². The van der Waals surface area contributed by atoms with E-state index in [0.29, 0.717) is 18.7 Å². The Bertz CT molecular complexity index is 832. The maximum atomic E-state index is 13.0. The number of aromatic nitrogens is 2. The van der Waals surface area contributed by atoms with Crippen molar-refractivity contribution < 1.29 is 14.0 Å². The molecule has 1 aromatic carbocycles. The lowest BCUT2D eigenvalue weighted by Gasteiger charge is -2.24. The summed E-state index contributed by atoms with van der Waals surface area (Å²) in [5.41, 5.74) is 1.40. The van der Waals surface area contributed by atoms with Crippen LogP contribution in [-0.4, -0.2) is 38.6 Å². The van der Waals surface area contributed by atoms with Crippen molar-refractivity contribution in [2.45, 2.75) is 37.9 Å². The first-order chi connectivity index (χ1) is 12.5. The van der Waals surface area contributed by atoms with E-state index >= 15 is 0 Å². The van der Waals surface area contributed by atoms with Gasteiger partial charge in [-0.25, -0.2) is 4.39 Å². The van der Waals surface area contributed by atoms with Crippen LogP contribution in [0.5, 0.6) is 0 Å². The number of hydrogen-bond acceptors (Lipinski definition) is 3. The molecule has 2 bridgehead atoms. The van der Waals surface area contributed by atoms with Crippen LogP contribution in [0.4, 0.5) is 4.39 Å². The molecular weight excluding hydrogens is 335 g/mol. The van der Waals surface area contributed by atoms with Crippen LogP contribution in [0.15, 0.2) is 36.5 Å². The summed E-state index contributed by atoms with van der Waals surface area (Å²) in [6.07, 6.45) is 4.10. The molecule has 2 aliphatic rings. The number of carbonyl (C=O) groups excluding carboxylic acids is 2. The standard InChI is InChI=1S/C19H21FN4O2/c1-23-17(8-9-22-23)19(26)24-14-6-7-16(24)15(10-14)18(25)21-11-12-2-4-13(20)5-3-12/h2-5,8-9,14-16H,6-7,10-11H2,1H3,(H,21,25)/t14-,15-,16-/m0/s1. The molecule has 3 atom stereocenters. The Hall–Kier alpha value is -2.70. The number of amides is 2. The lowest BCUT2D eigenvalue weighted by Crippen LogP contribution is -2.41. The smallest absolute Gasteiger partial charge is 0.272 e. The van der Waals surface area contributed by atoms with E-state index in [1.54, 1.807) is 36.1 Å². The van der Waals surface area contributed by atoms with Gasteiger partial charge < -0.3 is 10.2 Å². The molecule has 26 heavy (non-hydrogen) atoms. The number of halogens is 1. The van der Waals surface area contributed by atoms with Crippen LogP contribution < -0.4 is 5.32 Å². The molecule has 2 amide bonds. The van der Waals surface area contributed by atoms with Crippen LogP contribution in [0, 0.1) is 11.7 Å². The number of nitrogens with one attached hydrogen (secondary N) is 1. The minimum Gasteiger partial charge on any atom is -0.352 e. The second-order valence-corrected chi connectivity index (χ2v) is 7.04. The monoisotopic (exact) mass is 356 g/mol. The predicted molar refractivity (Wildman–Crippen MR) is 92.5 cm³/mol. The molecule has 4 rings (SSSR count). The molecule has 3 heterocycles. The molecule has 6 nitrogen and oxygen atoms in total. The minimum absolute atomic E-state index is 0.0377. The SMILES string of the molecule is Cn1nccc1C(=O)N1[C@H]2CC[C@H]1[C@@H](C(=O)NCc1ccc(F)cc1)C2. The lowest BCUT2D eigenvalue weighted by atomic mass is 9.88. The summed E-state index contributed by atoms with van der Waals surface area (Å²) in [6.45, 7) is 0.364. The van der Waals surface area contributed by atoms with Crippen molar-refractivity contribution in [3.8, 4) is 0 Å². The minimum atomic E-state index is -0.294. The highest BCUT2D eigenvalue weighted by atomic mass is 19.1. The Kier molecular flexibility index (Phi) is 4.22. The maximum absolute atomic E-state index is 13.0. The molecule has 0 spiro atoms. The van der Waals surface area contributed by atoms with Gasteiger partial charge in [-0.05, 0) is 43.0 Å². The fourth-order valence-electron chi connectivity index (χ4n) is 4.23. The summed E-state index contributed by atoms with van der Waals surface area (Å²) in [5.74, 6) is -0.570. The number of fused-ring (bicyclic) bond motifs is 2. The van der Waals surface area contributed by atoms with E-state index in [-0.39, 0.29) is 35.6 Å². The third kappa shape index (κ3) is 2.87. The van der Waals surface area contributed by atoms with E-state index in [4.69, 9.17) is 0 Å². The molecular formula is C19H21FN4O2. The fraction of sp³-hybridized carbons (Fsp3) is 0.421. The molecule has 0 radical (unpaired) electrons. The van der Waals surface area contributed by atoms with Gasteiger partial charge in [0.2, 0.25) is 5.91 Å². The highest BCUT2D eigenvalue weighted by Crippen LogP contribution is 2.42. The van der Waals surface area contributed by atoms with Gasteiger partial charge in [0.15, 0.2) is 0 Å². The van der Waals surface area contributed by atoms with Gasteiger partial charge in [0.1, 0.15) is 11.5 Å². The van der Waals surface area contributed by atoms with Crippen molar-refractivity contribution in [3.63, 3.8) is 0 Å². The van der Waals surface area contributed by atoms with E-state index in [0.717, 1.165) is 18.4 Å². The number of benzene rings is 1. The van der Waals surface area contributed by atoms with Crippen LogP contribution in [0.3, 0.4) is 0 Å². The average Bonchev–Trinajstić information content (AvgIpc) is 3.34. The zero-order chi connectivity index (χ0) is 18.3. The van der Waals surface area contributed by atoms with Crippen LogP contribution in [0.25, 0.3) is 0 Å². The third-order valence-electron chi connectivity index (χ3n) is 5.53. The topological polar surface area (TPSA) is 67.2 Å². The molecule has 0 saturated carbocycles. The summed E-state index contributed by atoms with van der Waals surface area (Å²) in [4.78, 5) is 27.4. The highest BCUT2D eigenvalue weighted by molar-refractivity contribution is 5.94. The first kappa shape index (κ1) is 16.8. The van der Waals surface area contributed by atoms with Gasteiger partial charge in [-0.3, -0.25) is 14.3 Å². The molecule has 1 N–H and O–H groups in total. The quantitative estimate of drug-likeness (QED) is 0.909. The van der Waals surface area contributed by atoms with Gasteiger partial charge in [-0.15, -0.1) is 0 Å². The molecule has 136 valence electrons. The number of rotatable bonds is 4. The average molecular weight is 356 g/mol. The molecule has 7 heteroatoms. The van der Waals surface area contributed by atoms with E-state index < -0.39 is 0 Å². The lowest BCUT2D eigenvalue weighted by molar-refractivity contribution is -0.125. The van der Waals surface area contributed by atoms with Gasteiger partial charge in [0.25, 0.3) is 5.91 Å². The van der Waals surface area contributed by atoms with Crippen molar-refractivity contribution >= 4 is 11.8 Å². The summed E-state index contributed by atoms with van der Waals surface area (Å²) >= 11 is 0. The molecule has 2 fully saturated rings. The van der Waals surface area contributed by atoms with Gasteiger partial charge in [0, 0.05) is 31.9 Å². The first-order valence-electron chi connectivity index (χ1n) is 8.87. The van der Waals surface area contributed by atoms with Crippen molar-refractivity contribution in [1.29, 1.82) is 0 Å². The zero-order valence-electron chi connectivity index (χ0n) is 14.6. The summed E-state index contributed by atoms with van der Waals surface area (Å²) in [6, 6.07) is 7.85. The number of aryl methyl sites for hydroxylation is 1. The fourth-order valence-corrected chi connectivity index (χ4v) is 4.23. The Morgan fingerprint density at radius 2 is 2.00 bits per heavy atom. The Balaban J connectivity index is 1.42. The first-order valence-corrected chi connectivity index (χ1v) is 8.87. The van der Waals surface area contributed by atoms with Crippen LogP contribution in [0.1, 0.15) is 35.3 Å². The van der Waals surface area contributed by atoms with Crippen LogP contribution >= 0.6 is 0 Å².